The highest BCUT2D eigenvalue weighted by Crippen LogP contribution is 2.53. The number of nitrogens with zero attached hydrogens (tertiary/aromatic N) is 2. The van der Waals surface area contributed by atoms with E-state index in [2.05, 4.69) is 0 Å². The third-order valence-electron chi connectivity index (χ3n) is 8.96. The second-order valence-corrected chi connectivity index (χ2v) is 11.6. The van der Waals surface area contributed by atoms with Gasteiger partial charge in [0.2, 0.25) is 5.78 Å². The molecule has 4 atom stereocenters. The van der Waals surface area contributed by atoms with Crippen LogP contribution in [-0.2, 0) is 46.3 Å². The number of rotatable bonds is 12. The van der Waals surface area contributed by atoms with E-state index in [0.29, 0.717) is 18.7 Å². The Morgan fingerprint density at radius 2 is 1.58 bits per heavy atom. The number of likely N-dealkylation sites (N-methyl/N-ethyl adjacent to an activating group) is 1. The first-order chi connectivity index (χ1) is 20.8. The number of amides is 1. The van der Waals surface area contributed by atoms with Gasteiger partial charge in [-0.2, -0.15) is 0 Å². The average Bonchev–Trinajstić information content (AvgIpc) is 2.97. The summed E-state index contributed by atoms with van der Waals surface area (Å²) >= 11 is 0. The molecule has 3 aliphatic carbocycles. The highest BCUT2D eigenvalue weighted by Gasteiger charge is 2.64. The number of ketones is 2. The zero-order valence-electron chi connectivity index (χ0n) is 25.7. The molecule has 0 aromatic heterocycles. The van der Waals surface area contributed by atoms with Crippen LogP contribution in [0.15, 0.2) is 29.0 Å². The molecule has 1 aromatic rings. The van der Waals surface area contributed by atoms with E-state index >= 15 is 0 Å². The fourth-order valence-corrected chi connectivity index (χ4v) is 6.81. The lowest BCUT2D eigenvalue weighted by molar-refractivity contribution is -0.153. The number of ether oxygens (including phenoxy) is 4. The number of phenols is 1. The number of carbonyl (C=O) groups is 3. The molecule has 0 aliphatic heterocycles. The number of fused-ring (bicyclic) bond motifs is 3. The summed E-state index contributed by atoms with van der Waals surface area (Å²) in [4.78, 5) is 43.0. The summed E-state index contributed by atoms with van der Waals surface area (Å²) in [6.07, 6.45) is -0.996. The topological polar surface area (TPSA) is 202 Å². The molecule has 1 amide bonds. The van der Waals surface area contributed by atoms with Crippen molar-refractivity contribution in [2.45, 2.75) is 51.0 Å². The number of nitrogens with two attached hydrogens (primary N) is 1. The van der Waals surface area contributed by atoms with Crippen molar-refractivity contribution in [3.63, 3.8) is 0 Å². The van der Waals surface area contributed by atoms with Gasteiger partial charge in [-0.3, -0.25) is 24.2 Å². The Labute approximate surface area is 262 Å². The Hall–Kier alpha value is -3.37. The van der Waals surface area contributed by atoms with Gasteiger partial charge in [0.05, 0.1) is 24.7 Å². The summed E-state index contributed by atoms with van der Waals surface area (Å²) in [6.45, 7) is 0.919. The SMILES string of the molecule is C.COC(CN(Cc1ccc(O)c2c1C[C@H]1C[C@H]3[C@@H](N(C)C)C(=O)C(C(N)=O)=C(O)[C@@]3(O)C(=O)C1=C2O)CC(OC)OC)OC. The molecule has 0 radical (unpaired) electrons. The molecule has 1 saturated carbocycles. The van der Waals surface area contributed by atoms with Crippen LogP contribution in [0.4, 0.5) is 0 Å². The lowest BCUT2D eigenvalue weighted by Crippen LogP contribution is -2.65. The summed E-state index contributed by atoms with van der Waals surface area (Å²) in [6, 6.07) is 1.95. The maximum absolute atomic E-state index is 14.0. The number of Topliss-reactive ketones (excluding diaryl/α,β-unsaturated/α-hetero) is 2. The van der Waals surface area contributed by atoms with Crippen LogP contribution in [0.5, 0.6) is 5.75 Å². The zero-order valence-corrected chi connectivity index (χ0v) is 25.7. The van der Waals surface area contributed by atoms with Crippen LogP contribution in [0.1, 0.15) is 30.5 Å². The van der Waals surface area contributed by atoms with Crippen LogP contribution in [0.2, 0.25) is 0 Å². The quantitative estimate of drug-likeness (QED) is 0.158. The van der Waals surface area contributed by atoms with Crippen molar-refractivity contribution in [1.82, 2.24) is 9.80 Å². The van der Waals surface area contributed by atoms with Gasteiger partial charge in [0.15, 0.2) is 24.0 Å². The van der Waals surface area contributed by atoms with Crippen molar-refractivity contribution in [3.05, 3.63) is 45.7 Å². The molecule has 14 heteroatoms. The van der Waals surface area contributed by atoms with Gasteiger partial charge in [-0.15, -0.1) is 0 Å². The first-order valence-corrected chi connectivity index (χ1v) is 14.1. The molecule has 250 valence electrons. The standard InChI is InChI=1S/C30H41N3O11.CH4/c1-32(2)24-17-10-15-9-16-14(11-33(12-19(41-3)42-4)13-20(43-5)44-6)7-8-18(34)22(16)25(35)21(15)27(37)30(17,40)28(38)23(26(24)36)29(31)39;/h7-8,15,17,19-20,24,34-35,38,40H,9-13H2,1-6H3,(H2,31,39);1H4/t15-,17-,24+,30-;/m0./s1. The normalized spacial score (nSPS) is 24.7. The summed E-state index contributed by atoms with van der Waals surface area (Å²) in [5, 5.41) is 45.2. The molecule has 45 heavy (non-hydrogen) atoms. The van der Waals surface area contributed by atoms with E-state index in [1.165, 1.54) is 39.4 Å². The fourth-order valence-electron chi connectivity index (χ4n) is 6.81. The molecule has 14 nitrogen and oxygen atoms in total. The molecule has 0 saturated heterocycles. The number of aliphatic hydroxyl groups is 3. The van der Waals surface area contributed by atoms with Crippen LogP contribution < -0.4 is 5.73 Å². The van der Waals surface area contributed by atoms with E-state index in [4.69, 9.17) is 24.7 Å². The molecule has 0 bridgehead atoms. The van der Waals surface area contributed by atoms with Crippen molar-refractivity contribution < 1.29 is 53.8 Å². The number of primary amides is 1. The molecule has 0 heterocycles. The van der Waals surface area contributed by atoms with Gasteiger partial charge in [0.25, 0.3) is 5.91 Å². The molecule has 0 unspecified atom stereocenters. The molecule has 6 N–H and O–H groups in total. The number of methoxy groups -OCH3 is 4. The van der Waals surface area contributed by atoms with Crippen molar-refractivity contribution in [3.8, 4) is 5.75 Å². The van der Waals surface area contributed by atoms with Gasteiger partial charge >= 0.3 is 0 Å². The van der Waals surface area contributed by atoms with Gasteiger partial charge in [-0.1, -0.05) is 13.5 Å². The minimum absolute atomic E-state index is 0. The second kappa shape index (κ2) is 14.0. The minimum Gasteiger partial charge on any atom is -0.508 e. The Balaban J connectivity index is 0.00000552. The van der Waals surface area contributed by atoms with Crippen LogP contribution >= 0.6 is 0 Å². The second-order valence-electron chi connectivity index (χ2n) is 11.6. The maximum Gasteiger partial charge on any atom is 0.255 e. The number of phenolic OH excluding ortho intramolecular Hbond substituents is 1. The molecule has 0 spiro atoms. The summed E-state index contributed by atoms with van der Waals surface area (Å²) in [5.41, 5.74) is 2.93. The highest BCUT2D eigenvalue weighted by atomic mass is 16.7. The smallest absolute Gasteiger partial charge is 0.255 e. The van der Waals surface area contributed by atoms with Crippen LogP contribution in [0, 0.1) is 11.8 Å². The highest BCUT2D eigenvalue weighted by molar-refractivity contribution is 6.24. The number of hydrogen-bond donors (Lipinski definition) is 5. The molecular formula is C31H45N3O11. The van der Waals surface area contributed by atoms with Gasteiger partial charge in [-0.25, -0.2) is 0 Å². The summed E-state index contributed by atoms with van der Waals surface area (Å²) in [5.74, 6) is -6.97. The number of aromatic hydroxyl groups is 1. The number of aliphatic hydroxyl groups excluding tert-OH is 2. The van der Waals surface area contributed by atoms with Crippen molar-refractivity contribution in [2.75, 3.05) is 55.6 Å². The van der Waals surface area contributed by atoms with E-state index < -0.39 is 70.6 Å². The number of hydrogen-bond acceptors (Lipinski definition) is 13. The third kappa shape index (κ3) is 6.11. The fraction of sp³-hybridized carbons (Fsp3) is 0.581. The van der Waals surface area contributed by atoms with Crippen LogP contribution in [0.3, 0.4) is 0 Å². The largest absolute Gasteiger partial charge is 0.508 e. The molecule has 1 fully saturated rings. The molecule has 4 rings (SSSR count). The summed E-state index contributed by atoms with van der Waals surface area (Å²) in [7, 11) is 9.17. The van der Waals surface area contributed by atoms with Gasteiger partial charge < -0.3 is 45.1 Å². The Morgan fingerprint density at radius 1 is 1.02 bits per heavy atom. The zero-order chi connectivity index (χ0) is 32.7. The van der Waals surface area contributed by atoms with E-state index in [1.54, 1.807) is 20.2 Å². The van der Waals surface area contributed by atoms with Gasteiger partial charge in [-0.05, 0) is 50.0 Å². The van der Waals surface area contributed by atoms with Gasteiger partial charge in [0.1, 0.15) is 22.8 Å². The average molecular weight is 636 g/mol. The predicted octanol–water partition coefficient (Wildman–Crippen LogP) is 0.640. The van der Waals surface area contributed by atoms with E-state index in [9.17, 15) is 34.8 Å². The van der Waals surface area contributed by atoms with Crippen molar-refractivity contribution >= 4 is 23.2 Å². The first kappa shape index (κ1) is 36.1. The Morgan fingerprint density at radius 3 is 2.07 bits per heavy atom. The van der Waals surface area contributed by atoms with E-state index in [1.807, 2.05) is 4.90 Å². The van der Waals surface area contributed by atoms with Crippen LogP contribution in [-0.4, -0.2) is 128 Å². The van der Waals surface area contributed by atoms with Crippen LogP contribution in [0.25, 0.3) is 5.76 Å². The number of benzene rings is 1. The summed E-state index contributed by atoms with van der Waals surface area (Å²) < 4.78 is 21.6. The molecular weight excluding hydrogens is 590 g/mol. The molecule has 3 aliphatic rings. The van der Waals surface area contributed by atoms with E-state index in [-0.39, 0.29) is 43.7 Å². The van der Waals surface area contributed by atoms with Crippen molar-refractivity contribution in [1.29, 1.82) is 0 Å². The Kier molecular flexibility index (Phi) is 11.2. The van der Waals surface area contributed by atoms with Gasteiger partial charge in [0, 0.05) is 46.5 Å². The predicted molar refractivity (Wildman–Crippen MR) is 162 cm³/mol. The first-order valence-electron chi connectivity index (χ1n) is 14.1. The minimum atomic E-state index is -2.70. The number of carbonyl (C=O) groups excluding carboxylic acids is 3. The van der Waals surface area contributed by atoms with Crippen molar-refractivity contribution in [2.24, 2.45) is 17.6 Å². The lowest BCUT2D eigenvalue weighted by atomic mass is 9.57. The third-order valence-corrected chi connectivity index (χ3v) is 8.96. The lowest BCUT2D eigenvalue weighted by Gasteiger charge is -2.50. The molecule has 1 aromatic carbocycles. The monoisotopic (exact) mass is 635 g/mol. The maximum atomic E-state index is 14.0. The van der Waals surface area contributed by atoms with E-state index in [0.717, 1.165) is 5.56 Å². The Bertz CT molecular complexity index is 1370.